The van der Waals surface area contributed by atoms with E-state index in [-0.39, 0.29) is 30.9 Å². The number of aromatic nitrogens is 2. The lowest BCUT2D eigenvalue weighted by Crippen LogP contribution is -2.30. The summed E-state index contributed by atoms with van der Waals surface area (Å²) in [6.45, 7) is 5.68. The number of amides is 1. The fourth-order valence-corrected chi connectivity index (χ4v) is 2.11. The van der Waals surface area contributed by atoms with E-state index in [4.69, 9.17) is 4.74 Å². The van der Waals surface area contributed by atoms with Crippen LogP contribution in [0.5, 0.6) is 0 Å². The first-order chi connectivity index (χ1) is 10.1. The number of nitrogens with one attached hydrogen (secondary N) is 2. The monoisotopic (exact) mass is 326 g/mol. The number of rotatable bonds is 7. The summed E-state index contributed by atoms with van der Waals surface area (Å²) in [5.41, 5.74) is 1.80. The van der Waals surface area contributed by atoms with Crippen LogP contribution in [0.3, 0.4) is 0 Å². The number of carbonyl (C=O) groups excluding carboxylic acids is 1. The van der Waals surface area contributed by atoms with Gasteiger partial charge in [-0.05, 0) is 32.0 Å². The first-order valence-electron chi connectivity index (χ1n) is 7.08. The molecule has 6 nitrogen and oxygen atoms in total. The third-order valence-electron chi connectivity index (χ3n) is 3.14. The number of hydrogen-bond donors (Lipinski definition) is 2. The van der Waals surface area contributed by atoms with Crippen LogP contribution in [0.4, 0.5) is 5.69 Å². The zero-order valence-electron chi connectivity index (χ0n) is 13.1. The molecule has 0 unspecified atom stereocenters. The summed E-state index contributed by atoms with van der Waals surface area (Å²) in [5, 5.41) is 11.3. The van der Waals surface area contributed by atoms with E-state index < -0.39 is 0 Å². The topological polar surface area (TPSA) is 68.2 Å². The van der Waals surface area contributed by atoms with Gasteiger partial charge in [-0.15, -0.1) is 12.4 Å². The van der Waals surface area contributed by atoms with Crippen LogP contribution in [0.1, 0.15) is 19.9 Å². The molecule has 7 heteroatoms. The molecule has 0 saturated carbocycles. The van der Waals surface area contributed by atoms with Crippen molar-refractivity contribution in [2.24, 2.45) is 0 Å². The maximum atomic E-state index is 11.8. The number of benzene rings is 1. The molecule has 1 amide bonds. The van der Waals surface area contributed by atoms with Gasteiger partial charge in [0.05, 0.1) is 24.9 Å². The van der Waals surface area contributed by atoms with Gasteiger partial charge in [0.25, 0.3) is 0 Å². The summed E-state index contributed by atoms with van der Waals surface area (Å²) < 4.78 is 6.86. The highest BCUT2D eigenvalue weighted by Gasteiger charge is 2.08. The van der Waals surface area contributed by atoms with Crippen molar-refractivity contribution in [2.45, 2.75) is 19.9 Å². The standard InChI is InChI=1S/C15H22N4O2.ClH/c1-11(2)19-14-8-13(5-4-12(14)9-17-19)18-15(20)10-16-6-7-21-3;/h4-5,8-9,11,16H,6-7,10H2,1-3H3,(H,18,20);1H. The molecule has 0 saturated heterocycles. The SMILES string of the molecule is COCCNCC(=O)Nc1ccc2cnn(C(C)C)c2c1.Cl. The lowest BCUT2D eigenvalue weighted by Gasteiger charge is -2.09. The number of carbonyl (C=O) groups is 1. The number of ether oxygens (including phenoxy) is 1. The highest BCUT2D eigenvalue weighted by molar-refractivity contribution is 5.94. The van der Waals surface area contributed by atoms with Crippen LogP contribution in [-0.2, 0) is 9.53 Å². The Balaban J connectivity index is 0.00000242. The molecule has 2 rings (SSSR count). The summed E-state index contributed by atoms with van der Waals surface area (Å²) in [7, 11) is 1.63. The second-order valence-corrected chi connectivity index (χ2v) is 5.17. The van der Waals surface area contributed by atoms with E-state index in [1.54, 1.807) is 7.11 Å². The maximum absolute atomic E-state index is 11.8. The van der Waals surface area contributed by atoms with E-state index in [2.05, 4.69) is 29.6 Å². The fourth-order valence-electron chi connectivity index (χ4n) is 2.11. The van der Waals surface area contributed by atoms with E-state index in [1.807, 2.05) is 29.1 Å². The molecule has 2 aromatic rings. The molecule has 0 radical (unpaired) electrons. The Morgan fingerprint density at radius 2 is 2.18 bits per heavy atom. The van der Waals surface area contributed by atoms with Crippen LogP contribution in [0.15, 0.2) is 24.4 Å². The first kappa shape index (κ1) is 18.4. The molecule has 0 aliphatic rings. The Bertz CT molecular complexity index is 613. The predicted molar refractivity (Wildman–Crippen MR) is 90.7 cm³/mol. The maximum Gasteiger partial charge on any atom is 0.238 e. The minimum absolute atomic E-state index is 0. The quantitative estimate of drug-likeness (QED) is 0.765. The van der Waals surface area contributed by atoms with Gasteiger partial charge in [0, 0.05) is 30.8 Å². The highest BCUT2D eigenvalue weighted by Crippen LogP contribution is 2.21. The van der Waals surface area contributed by atoms with Crippen molar-refractivity contribution in [1.82, 2.24) is 15.1 Å². The average molecular weight is 327 g/mol. The molecular weight excluding hydrogens is 304 g/mol. The lowest BCUT2D eigenvalue weighted by molar-refractivity contribution is -0.115. The minimum atomic E-state index is -0.0685. The van der Waals surface area contributed by atoms with Crippen LogP contribution in [0.25, 0.3) is 10.9 Å². The Hall–Kier alpha value is -1.63. The summed E-state index contributed by atoms with van der Waals surface area (Å²) in [4.78, 5) is 11.8. The molecule has 1 aromatic carbocycles. The van der Waals surface area contributed by atoms with Gasteiger partial charge in [-0.2, -0.15) is 5.10 Å². The minimum Gasteiger partial charge on any atom is -0.383 e. The van der Waals surface area contributed by atoms with Crippen molar-refractivity contribution < 1.29 is 9.53 Å². The van der Waals surface area contributed by atoms with Crippen LogP contribution >= 0.6 is 12.4 Å². The van der Waals surface area contributed by atoms with Crippen LogP contribution in [-0.4, -0.2) is 42.5 Å². The van der Waals surface area contributed by atoms with E-state index >= 15 is 0 Å². The van der Waals surface area contributed by atoms with Gasteiger partial charge in [0.1, 0.15) is 0 Å². The van der Waals surface area contributed by atoms with Gasteiger partial charge < -0.3 is 15.4 Å². The summed E-state index contributed by atoms with van der Waals surface area (Å²) >= 11 is 0. The van der Waals surface area contributed by atoms with Crippen molar-refractivity contribution in [3.05, 3.63) is 24.4 Å². The molecule has 122 valence electrons. The van der Waals surface area contributed by atoms with Crippen molar-refractivity contribution >= 4 is 34.9 Å². The Labute approximate surface area is 136 Å². The third-order valence-corrected chi connectivity index (χ3v) is 3.14. The van der Waals surface area contributed by atoms with Crippen molar-refractivity contribution in [3.8, 4) is 0 Å². The van der Waals surface area contributed by atoms with Gasteiger partial charge in [-0.25, -0.2) is 0 Å². The molecule has 2 N–H and O–H groups in total. The van der Waals surface area contributed by atoms with Crippen molar-refractivity contribution in [1.29, 1.82) is 0 Å². The highest BCUT2D eigenvalue weighted by atomic mass is 35.5. The third kappa shape index (κ3) is 4.69. The van der Waals surface area contributed by atoms with Crippen LogP contribution in [0.2, 0.25) is 0 Å². The van der Waals surface area contributed by atoms with Gasteiger partial charge in [0.15, 0.2) is 0 Å². The zero-order valence-corrected chi connectivity index (χ0v) is 13.9. The number of fused-ring (bicyclic) bond motifs is 1. The Morgan fingerprint density at radius 1 is 1.41 bits per heavy atom. The van der Waals surface area contributed by atoms with E-state index in [0.717, 1.165) is 16.6 Å². The Kier molecular flexibility index (Phi) is 7.31. The molecule has 22 heavy (non-hydrogen) atoms. The molecular formula is C15H23ClN4O2. The van der Waals surface area contributed by atoms with Crippen molar-refractivity contribution in [2.75, 3.05) is 32.1 Å². The fraction of sp³-hybridized carbons (Fsp3) is 0.467. The van der Waals surface area contributed by atoms with E-state index in [9.17, 15) is 4.79 Å². The smallest absolute Gasteiger partial charge is 0.238 e. The number of nitrogens with zero attached hydrogens (tertiary/aromatic N) is 2. The summed E-state index contributed by atoms with van der Waals surface area (Å²) in [6.07, 6.45) is 1.84. The van der Waals surface area contributed by atoms with E-state index in [0.29, 0.717) is 13.2 Å². The number of methoxy groups -OCH3 is 1. The van der Waals surface area contributed by atoms with Crippen molar-refractivity contribution in [3.63, 3.8) is 0 Å². The second-order valence-electron chi connectivity index (χ2n) is 5.17. The molecule has 0 fully saturated rings. The molecule has 0 aliphatic carbocycles. The molecule has 0 bridgehead atoms. The summed E-state index contributed by atoms with van der Waals surface area (Å²) in [5.74, 6) is -0.0685. The Morgan fingerprint density at radius 3 is 2.86 bits per heavy atom. The van der Waals surface area contributed by atoms with Gasteiger partial charge in [-0.3, -0.25) is 9.48 Å². The lowest BCUT2D eigenvalue weighted by atomic mass is 10.2. The van der Waals surface area contributed by atoms with Gasteiger partial charge in [-0.1, -0.05) is 0 Å². The summed E-state index contributed by atoms with van der Waals surface area (Å²) in [6, 6.07) is 6.09. The molecule has 0 aliphatic heterocycles. The van der Waals surface area contributed by atoms with Gasteiger partial charge in [0.2, 0.25) is 5.91 Å². The molecule has 0 spiro atoms. The normalized spacial score (nSPS) is 10.7. The number of anilines is 1. The molecule has 1 aromatic heterocycles. The first-order valence-corrected chi connectivity index (χ1v) is 7.08. The predicted octanol–water partition coefficient (Wildman–Crippen LogP) is 2.21. The van der Waals surface area contributed by atoms with Gasteiger partial charge >= 0.3 is 0 Å². The number of halogens is 1. The molecule has 1 heterocycles. The van der Waals surface area contributed by atoms with Crippen LogP contribution in [0, 0.1) is 0 Å². The van der Waals surface area contributed by atoms with Crippen LogP contribution < -0.4 is 10.6 Å². The second kappa shape index (κ2) is 8.73. The molecule has 0 atom stereocenters. The number of hydrogen-bond acceptors (Lipinski definition) is 4. The zero-order chi connectivity index (χ0) is 15.2. The largest absolute Gasteiger partial charge is 0.383 e. The van der Waals surface area contributed by atoms with E-state index in [1.165, 1.54) is 0 Å². The average Bonchev–Trinajstić information content (AvgIpc) is 2.87.